The van der Waals surface area contributed by atoms with E-state index in [9.17, 15) is 36.2 Å². The summed E-state index contributed by atoms with van der Waals surface area (Å²) < 4.78 is 79.8. The maximum absolute atomic E-state index is 13.7. The van der Waals surface area contributed by atoms with Gasteiger partial charge in [-0.15, -0.1) is 0 Å². The number of carbonyl (C=O) groups excluding carboxylic acids is 1. The zero-order valence-electron chi connectivity index (χ0n) is 16.9. The number of benzene rings is 2. The van der Waals surface area contributed by atoms with Crippen LogP contribution in [0.15, 0.2) is 42.5 Å². The number of hydrogen-bond donors (Lipinski definition) is 3. The second kappa shape index (κ2) is 9.99. The van der Waals surface area contributed by atoms with Crippen molar-refractivity contribution in [3.8, 4) is 0 Å². The number of amides is 1. The van der Waals surface area contributed by atoms with Crippen molar-refractivity contribution < 1.29 is 36.2 Å². The van der Waals surface area contributed by atoms with Gasteiger partial charge in [0.15, 0.2) is 0 Å². The Morgan fingerprint density at radius 3 is 2.25 bits per heavy atom. The van der Waals surface area contributed by atoms with Crippen LogP contribution in [0.4, 0.5) is 32.0 Å². The van der Waals surface area contributed by atoms with Gasteiger partial charge in [-0.25, -0.2) is 0 Å². The molecule has 3 N–H and O–H groups in total. The van der Waals surface area contributed by atoms with Crippen LogP contribution in [-0.2, 0) is 23.1 Å². The highest BCUT2D eigenvalue weighted by molar-refractivity contribution is 6.31. The maximum atomic E-state index is 13.7. The molecule has 0 aliphatic carbocycles. The predicted octanol–water partition coefficient (Wildman–Crippen LogP) is 5.64. The van der Waals surface area contributed by atoms with Gasteiger partial charge in [0, 0.05) is 23.7 Å². The van der Waals surface area contributed by atoms with Crippen molar-refractivity contribution in [1.29, 1.82) is 0 Å². The third-order valence-corrected chi connectivity index (χ3v) is 5.04. The van der Waals surface area contributed by atoms with Gasteiger partial charge < -0.3 is 15.7 Å². The highest BCUT2D eigenvalue weighted by Crippen LogP contribution is 2.41. The maximum Gasteiger partial charge on any atom is 0.423 e. The molecule has 4 nitrogen and oxygen atoms in total. The van der Waals surface area contributed by atoms with Crippen LogP contribution >= 0.6 is 11.6 Å². The first-order valence-electron chi connectivity index (χ1n) is 9.53. The van der Waals surface area contributed by atoms with Crippen molar-refractivity contribution in [2.24, 2.45) is 0 Å². The van der Waals surface area contributed by atoms with Gasteiger partial charge >= 0.3 is 12.4 Å². The average Bonchev–Trinajstić information content (AvgIpc) is 2.70. The monoisotopic (exact) mass is 482 g/mol. The molecule has 0 aliphatic rings. The first-order valence-corrected chi connectivity index (χ1v) is 9.91. The number of carbonyl (C=O) groups is 1. The Kier molecular flexibility index (Phi) is 8.06. The summed E-state index contributed by atoms with van der Waals surface area (Å²) in [5.74, 6) is -0.179. The smallest absolute Gasteiger partial charge is 0.381 e. The van der Waals surface area contributed by atoms with Crippen molar-refractivity contribution in [1.82, 2.24) is 5.32 Å². The van der Waals surface area contributed by atoms with Gasteiger partial charge in [0.25, 0.3) is 0 Å². The highest BCUT2D eigenvalue weighted by Gasteiger charge is 2.55. The normalized spacial score (nSPS) is 14.0. The SMILES string of the molecule is CCCC(=O)NCc1ccc(NC[C@](O)(c2cccc(C(F)(F)F)c2)C(F)(F)F)cc1Cl. The zero-order valence-corrected chi connectivity index (χ0v) is 17.6. The van der Waals surface area contributed by atoms with E-state index >= 15 is 0 Å². The van der Waals surface area contributed by atoms with E-state index < -0.39 is 35.6 Å². The number of anilines is 1. The van der Waals surface area contributed by atoms with E-state index in [0.29, 0.717) is 24.5 Å². The summed E-state index contributed by atoms with van der Waals surface area (Å²) in [5, 5.41) is 15.5. The van der Waals surface area contributed by atoms with Crippen LogP contribution in [0.3, 0.4) is 0 Å². The lowest BCUT2D eigenvalue weighted by Gasteiger charge is -2.32. The highest BCUT2D eigenvalue weighted by atomic mass is 35.5. The Balaban J connectivity index is 2.21. The summed E-state index contributed by atoms with van der Waals surface area (Å²) in [6.45, 7) is 0.809. The van der Waals surface area contributed by atoms with Crippen LogP contribution < -0.4 is 10.6 Å². The number of nitrogens with one attached hydrogen (secondary N) is 2. The van der Waals surface area contributed by atoms with E-state index in [1.165, 1.54) is 18.2 Å². The van der Waals surface area contributed by atoms with Gasteiger partial charge in [0.05, 0.1) is 12.1 Å². The third kappa shape index (κ3) is 6.29. The summed E-state index contributed by atoms with van der Waals surface area (Å²) in [6.07, 6.45) is -9.14. The molecule has 0 heterocycles. The zero-order chi connectivity index (χ0) is 24.2. The van der Waals surface area contributed by atoms with E-state index in [2.05, 4.69) is 10.6 Å². The molecule has 0 bridgehead atoms. The molecule has 2 rings (SSSR count). The predicted molar refractivity (Wildman–Crippen MR) is 108 cm³/mol. The van der Waals surface area contributed by atoms with E-state index in [-0.39, 0.29) is 29.2 Å². The molecular weight excluding hydrogens is 462 g/mol. The minimum absolute atomic E-state index is 0.105. The molecule has 0 aromatic heterocycles. The molecule has 0 saturated heterocycles. The molecule has 1 amide bonds. The van der Waals surface area contributed by atoms with Gasteiger partial charge in [0.1, 0.15) is 0 Å². The van der Waals surface area contributed by atoms with Crippen LogP contribution in [0.25, 0.3) is 0 Å². The topological polar surface area (TPSA) is 61.4 Å². The van der Waals surface area contributed by atoms with E-state index in [0.717, 1.165) is 12.1 Å². The lowest BCUT2D eigenvalue weighted by atomic mass is 9.91. The minimum atomic E-state index is -5.27. The molecule has 0 saturated carbocycles. The molecule has 1 atom stereocenters. The molecule has 2 aromatic rings. The van der Waals surface area contributed by atoms with Crippen molar-refractivity contribution in [3.63, 3.8) is 0 Å². The third-order valence-electron chi connectivity index (χ3n) is 4.69. The second-order valence-corrected chi connectivity index (χ2v) is 7.53. The van der Waals surface area contributed by atoms with Gasteiger partial charge in [-0.1, -0.05) is 36.7 Å². The van der Waals surface area contributed by atoms with Gasteiger partial charge in [-0.05, 0) is 41.8 Å². The first kappa shape index (κ1) is 25.8. The fourth-order valence-electron chi connectivity index (χ4n) is 2.86. The summed E-state index contributed by atoms with van der Waals surface area (Å²) in [5.41, 5.74) is -5.23. The van der Waals surface area contributed by atoms with Crippen LogP contribution in [0.5, 0.6) is 0 Å². The van der Waals surface area contributed by atoms with Crippen LogP contribution in [0, 0.1) is 0 Å². The summed E-state index contributed by atoms with van der Waals surface area (Å²) >= 11 is 6.12. The van der Waals surface area contributed by atoms with Crippen LogP contribution in [0.1, 0.15) is 36.5 Å². The Hall–Kier alpha value is -2.46. The number of hydrogen-bond acceptors (Lipinski definition) is 3. The first-order chi connectivity index (χ1) is 14.8. The number of alkyl halides is 6. The molecule has 0 unspecified atom stereocenters. The molecule has 2 aromatic carbocycles. The van der Waals surface area contributed by atoms with Crippen LogP contribution in [0.2, 0.25) is 5.02 Å². The van der Waals surface area contributed by atoms with E-state index in [1.807, 2.05) is 6.92 Å². The van der Waals surface area contributed by atoms with Crippen molar-refractivity contribution >= 4 is 23.2 Å². The fourth-order valence-corrected chi connectivity index (χ4v) is 3.11. The van der Waals surface area contributed by atoms with Crippen molar-refractivity contribution in [3.05, 3.63) is 64.2 Å². The Labute approximate surface area is 185 Å². The number of halogens is 7. The quantitative estimate of drug-likeness (QED) is 0.427. The van der Waals surface area contributed by atoms with Gasteiger partial charge in [0.2, 0.25) is 11.5 Å². The molecule has 176 valence electrons. The molecule has 0 spiro atoms. The lowest BCUT2D eigenvalue weighted by molar-refractivity contribution is -0.260. The summed E-state index contributed by atoms with van der Waals surface area (Å²) in [7, 11) is 0. The summed E-state index contributed by atoms with van der Waals surface area (Å²) in [4.78, 5) is 11.6. The molecule has 0 aliphatic heterocycles. The summed E-state index contributed by atoms with van der Waals surface area (Å²) in [6, 6.07) is 6.62. The molecule has 0 fully saturated rings. The second-order valence-electron chi connectivity index (χ2n) is 7.12. The minimum Gasteiger partial charge on any atom is -0.381 e. The molecule has 0 radical (unpaired) electrons. The van der Waals surface area contributed by atoms with Crippen LogP contribution in [-0.4, -0.2) is 23.7 Å². The molecule has 32 heavy (non-hydrogen) atoms. The van der Waals surface area contributed by atoms with Crippen molar-refractivity contribution in [2.45, 2.75) is 44.3 Å². The number of rotatable bonds is 8. The lowest BCUT2D eigenvalue weighted by Crippen LogP contribution is -2.48. The van der Waals surface area contributed by atoms with Crippen molar-refractivity contribution in [2.75, 3.05) is 11.9 Å². The van der Waals surface area contributed by atoms with E-state index in [4.69, 9.17) is 11.6 Å². The standard InChI is InChI=1S/C21H21ClF6N2O2/c1-2-4-18(31)29-11-13-7-8-16(10-17(13)22)30-12-19(32,21(26,27)28)14-5-3-6-15(9-14)20(23,24)25/h3,5-10,30,32H,2,4,11-12H2,1H3,(H,29,31)/t19-/m0/s1. The molecule has 11 heteroatoms. The molecular formula is C21H21ClF6N2O2. The largest absolute Gasteiger partial charge is 0.423 e. The fraction of sp³-hybridized carbons (Fsp3) is 0.381. The Morgan fingerprint density at radius 2 is 1.69 bits per heavy atom. The number of aliphatic hydroxyl groups is 1. The Morgan fingerprint density at radius 1 is 1.03 bits per heavy atom. The van der Waals surface area contributed by atoms with Gasteiger partial charge in [-0.2, -0.15) is 26.3 Å². The van der Waals surface area contributed by atoms with Gasteiger partial charge in [-0.3, -0.25) is 4.79 Å². The average molecular weight is 483 g/mol. The Bertz CT molecular complexity index is 949. The van der Waals surface area contributed by atoms with E-state index in [1.54, 1.807) is 0 Å².